The second-order valence-electron chi connectivity index (χ2n) is 5.05. The molecule has 8 heteroatoms. The van der Waals surface area contributed by atoms with Gasteiger partial charge in [-0.15, -0.1) is 0 Å². The standard InChI is InChI=1S/C16H20Cl2N4OS/c1-19-16(21-11-12-10-14(17)15(18)22(12)2)20-8-9-24(23)13-6-4-3-5-7-13/h3-7,10H,8-9,11H2,1-2H3,(H2,19,20,21). The average Bonchev–Trinajstić information content (AvgIpc) is 2.85. The second-order valence-corrected chi connectivity index (χ2v) is 7.38. The number of nitrogens with zero attached hydrogens (tertiary/aromatic N) is 2. The highest BCUT2D eigenvalue weighted by Crippen LogP contribution is 2.24. The van der Waals surface area contributed by atoms with Crippen molar-refractivity contribution in [2.75, 3.05) is 19.3 Å². The number of hydrogen-bond donors (Lipinski definition) is 2. The quantitative estimate of drug-likeness (QED) is 0.592. The Morgan fingerprint density at radius 2 is 1.96 bits per heavy atom. The number of benzene rings is 1. The van der Waals surface area contributed by atoms with Crippen molar-refractivity contribution >= 4 is 40.0 Å². The van der Waals surface area contributed by atoms with Crippen LogP contribution in [0.2, 0.25) is 10.2 Å². The Labute approximate surface area is 154 Å². The van der Waals surface area contributed by atoms with Crippen LogP contribution in [-0.2, 0) is 24.4 Å². The van der Waals surface area contributed by atoms with Crippen molar-refractivity contribution in [3.05, 3.63) is 52.3 Å². The highest BCUT2D eigenvalue weighted by molar-refractivity contribution is 7.85. The van der Waals surface area contributed by atoms with Crippen LogP contribution in [-0.4, -0.2) is 34.1 Å². The van der Waals surface area contributed by atoms with Crippen LogP contribution in [0.25, 0.3) is 0 Å². The zero-order valence-electron chi connectivity index (χ0n) is 13.6. The summed E-state index contributed by atoms with van der Waals surface area (Å²) in [5, 5.41) is 7.37. The van der Waals surface area contributed by atoms with E-state index in [1.807, 2.05) is 48.0 Å². The molecular formula is C16H20Cl2N4OS. The molecule has 2 aromatic rings. The van der Waals surface area contributed by atoms with Gasteiger partial charge in [0.1, 0.15) is 5.15 Å². The Morgan fingerprint density at radius 1 is 1.25 bits per heavy atom. The first-order valence-electron chi connectivity index (χ1n) is 7.40. The Balaban J connectivity index is 1.80. The third-order valence-electron chi connectivity index (χ3n) is 3.46. The maximum atomic E-state index is 12.2. The number of halogens is 2. The fourth-order valence-corrected chi connectivity index (χ4v) is 3.51. The molecule has 1 atom stereocenters. The predicted octanol–water partition coefficient (Wildman–Crippen LogP) is 2.80. The molecular weight excluding hydrogens is 367 g/mol. The summed E-state index contributed by atoms with van der Waals surface area (Å²) in [6.45, 7) is 1.08. The smallest absolute Gasteiger partial charge is 0.191 e. The maximum absolute atomic E-state index is 12.2. The van der Waals surface area contributed by atoms with Crippen molar-refractivity contribution in [1.82, 2.24) is 15.2 Å². The van der Waals surface area contributed by atoms with Crippen LogP contribution in [0.4, 0.5) is 0 Å². The van der Waals surface area contributed by atoms with E-state index < -0.39 is 10.8 Å². The van der Waals surface area contributed by atoms with Crippen molar-refractivity contribution in [2.24, 2.45) is 12.0 Å². The average molecular weight is 387 g/mol. The molecule has 1 heterocycles. The van der Waals surface area contributed by atoms with E-state index in [1.165, 1.54) is 0 Å². The van der Waals surface area contributed by atoms with Crippen LogP contribution in [0, 0.1) is 0 Å². The maximum Gasteiger partial charge on any atom is 0.191 e. The molecule has 0 spiro atoms. The van der Waals surface area contributed by atoms with Gasteiger partial charge in [0.25, 0.3) is 0 Å². The van der Waals surface area contributed by atoms with Gasteiger partial charge in [0.05, 0.1) is 22.4 Å². The van der Waals surface area contributed by atoms with Gasteiger partial charge in [-0.2, -0.15) is 0 Å². The molecule has 5 nitrogen and oxygen atoms in total. The minimum atomic E-state index is -1.03. The Kier molecular flexibility index (Phi) is 7.15. The van der Waals surface area contributed by atoms with E-state index in [4.69, 9.17) is 23.2 Å². The summed E-state index contributed by atoms with van der Waals surface area (Å²) >= 11 is 12.0. The van der Waals surface area contributed by atoms with E-state index in [2.05, 4.69) is 15.6 Å². The Morgan fingerprint density at radius 3 is 2.54 bits per heavy atom. The highest BCUT2D eigenvalue weighted by atomic mass is 35.5. The van der Waals surface area contributed by atoms with Crippen molar-refractivity contribution < 1.29 is 4.21 Å². The summed E-state index contributed by atoms with van der Waals surface area (Å²) in [4.78, 5) is 4.98. The van der Waals surface area contributed by atoms with E-state index in [9.17, 15) is 4.21 Å². The third kappa shape index (κ3) is 5.00. The molecule has 1 aromatic carbocycles. The zero-order chi connectivity index (χ0) is 17.5. The molecule has 0 aliphatic rings. The summed E-state index contributed by atoms with van der Waals surface area (Å²) in [5.41, 5.74) is 0.945. The van der Waals surface area contributed by atoms with Gasteiger partial charge in [-0.1, -0.05) is 41.4 Å². The summed E-state index contributed by atoms with van der Waals surface area (Å²) < 4.78 is 14.0. The summed E-state index contributed by atoms with van der Waals surface area (Å²) in [6, 6.07) is 11.2. The lowest BCUT2D eigenvalue weighted by atomic mass is 10.4. The zero-order valence-corrected chi connectivity index (χ0v) is 15.9. The number of aromatic nitrogens is 1. The van der Waals surface area contributed by atoms with Gasteiger partial charge in [0, 0.05) is 37.0 Å². The van der Waals surface area contributed by atoms with Crippen LogP contribution < -0.4 is 10.6 Å². The van der Waals surface area contributed by atoms with Gasteiger partial charge >= 0.3 is 0 Å². The predicted molar refractivity (Wildman–Crippen MR) is 101 cm³/mol. The van der Waals surface area contributed by atoms with Crippen LogP contribution in [0.15, 0.2) is 46.3 Å². The Bertz CT molecular complexity index is 731. The molecule has 1 aromatic heterocycles. The van der Waals surface area contributed by atoms with Crippen molar-refractivity contribution in [2.45, 2.75) is 11.4 Å². The number of hydrogen-bond acceptors (Lipinski definition) is 2. The first-order valence-corrected chi connectivity index (χ1v) is 9.48. The SMILES string of the molecule is CN=C(NCCS(=O)c1ccccc1)NCc1cc(Cl)c(Cl)n1C. The van der Waals surface area contributed by atoms with Gasteiger partial charge in [0.2, 0.25) is 0 Å². The molecule has 0 radical (unpaired) electrons. The van der Waals surface area contributed by atoms with Crippen molar-refractivity contribution in [3.63, 3.8) is 0 Å². The molecule has 0 saturated carbocycles. The summed E-state index contributed by atoms with van der Waals surface area (Å²) in [5.74, 6) is 1.14. The largest absolute Gasteiger partial charge is 0.355 e. The van der Waals surface area contributed by atoms with Crippen LogP contribution >= 0.6 is 23.2 Å². The molecule has 0 fully saturated rings. The van der Waals surface area contributed by atoms with Gasteiger partial charge in [-0.3, -0.25) is 9.20 Å². The fraction of sp³-hybridized carbons (Fsp3) is 0.312. The van der Waals surface area contributed by atoms with Crippen LogP contribution in [0.5, 0.6) is 0 Å². The number of guanidine groups is 1. The fourth-order valence-electron chi connectivity index (χ4n) is 2.11. The minimum Gasteiger partial charge on any atom is -0.355 e. The molecule has 0 aliphatic carbocycles. The van der Waals surface area contributed by atoms with E-state index in [0.29, 0.717) is 35.0 Å². The molecule has 0 bridgehead atoms. The van der Waals surface area contributed by atoms with Crippen molar-refractivity contribution in [3.8, 4) is 0 Å². The second kappa shape index (κ2) is 9.11. The molecule has 130 valence electrons. The summed E-state index contributed by atoms with van der Waals surface area (Å²) in [7, 11) is 2.51. The van der Waals surface area contributed by atoms with Crippen LogP contribution in [0.3, 0.4) is 0 Å². The minimum absolute atomic E-state index is 0.506. The molecule has 0 aliphatic heterocycles. The first-order chi connectivity index (χ1) is 11.5. The normalized spacial score (nSPS) is 12.9. The lowest BCUT2D eigenvalue weighted by molar-refractivity contribution is 0.681. The van der Waals surface area contributed by atoms with Gasteiger partial charge in [-0.05, 0) is 18.2 Å². The van der Waals surface area contributed by atoms with Gasteiger partial charge in [0.15, 0.2) is 5.96 Å². The Hall–Kier alpha value is -1.50. The highest BCUT2D eigenvalue weighted by Gasteiger charge is 2.09. The molecule has 0 amide bonds. The molecule has 0 saturated heterocycles. The lowest BCUT2D eigenvalue weighted by Gasteiger charge is -2.12. The van der Waals surface area contributed by atoms with E-state index in [1.54, 1.807) is 7.05 Å². The lowest BCUT2D eigenvalue weighted by Crippen LogP contribution is -2.39. The number of aliphatic imine (C=N–C) groups is 1. The molecule has 1 unspecified atom stereocenters. The van der Waals surface area contributed by atoms with Crippen molar-refractivity contribution in [1.29, 1.82) is 0 Å². The molecule has 24 heavy (non-hydrogen) atoms. The monoisotopic (exact) mass is 386 g/mol. The number of rotatable bonds is 6. The van der Waals surface area contributed by atoms with Crippen LogP contribution in [0.1, 0.15) is 5.69 Å². The number of nitrogens with one attached hydrogen (secondary N) is 2. The van der Waals surface area contributed by atoms with E-state index in [0.717, 1.165) is 10.6 Å². The van der Waals surface area contributed by atoms with Gasteiger partial charge in [-0.25, -0.2) is 0 Å². The molecule has 2 N–H and O–H groups in total. The molecule has 2 rings (SSSR count). The topological polar surface area (TPSA) is 58.4 Å². The van der Waals surface area contributed by atoms with E-state index in [-0.39, 0.29) is 0 Å². The first kappa shape index (κ1) is 18.8. The van der Waals surface area contributed by atoms with E-state index >= 15 is 0 Å². The summed E-state index contributed by atoms with van der Waals surface area (Å²) in [6.07, 6.45) is 0. The van der Waals surface area contributed by atoms with Gasteiger partial charge < -0.3 is 15.2 Å². The third-order valence-corrected chi connectivity index (χ3v) is 5.68.